The lowest BCUT2D eigenvalue weighted by molar-refractivity contribution is -0.116. The normalized spacial score (nSPS) is 21.8. The Bertz CT molecular complexity index is 890. The minimum absolute atomic E-state index is 0.304. The Morgan fingerprint density at radius 3 is 2.69 bits per heavy atom. The van der Waals surface area contributed by atoms with Crippen molar-refractivity contribution in [1.29, 1.82) is 0 Å². The number of hydrogen-bond acceptors (Lipinski definition) is 4. The average Bonchev–Trinajstić information content (AvgIpc) is 3.42. The number of nitrogens with one attached hydrogen (secondary N) is 1. The van der Waals surface area contributed by atoms with Crippen molar-refractivity contribution in [3.8, 4) is 11.1 Å². The molecule has 5 rings (SSSR count). The van der Waals surface area contributed by atoms with Crippen LogP contribution in [-0.4, -0.2) is 23.9 Å². The summed E-state index contributed by atoms with van der Waals surface area (Å²) in [5.41, 5.74) is 6.30. The molecule has 0 radical (unpaired) electrons. The van der Waals surface area contributed by atoms with E-state index in [0.29, 0.717) is 0 Å². The van der Waals surface area contributed by atoms with Gasteiger partial charge in [0.15, 0.2) is 6.04 Å². The van der Waals surface area contributed by atoms with E-state index in [1.807, 2.05) is 24.3 Å². The zero-order valence-electron chi connectivity index (χ0n) is 14.6. The lowest BCUT2D eigenvalue weighted by Crippen LogP contribution is -2.33. The summed E-state index contributed by atoms with van der Waals surface area (Å²) in [7, 11) is 0. The molecule has 26 heavy (non-hydrogen) atoms. The van der Waals surface area contributed by atoms with Crippen molar-refractivity contribution < 1.29 is 4.79 Å². The Balaban J connectivity index is 1.65. The standard InChI is InChI=1S/C21H21N3O2/c25-21-20(23-26)17-10-16(14-4-2-1-3-5-14)15-8-9-24(11-13-6-7-13)12-18(15)19(17)22-21/h1-5,10,13,20H,6-9,11-12H2,(H,22,25). The lowest BCUT2D eigenvalue weighted by Gasteiger charge is -2.32. The van der Waals surface area contributed by atoms with Crippen molar-refractivity contribution in [2.24, 2.45) is 11.1 Å². The summed E-state index contributed by atoms with van der Waals surface area (Å²) in [6.45, 7) is 3.01. The van der Waals surface area contributed by atoms with Crippen molar-refractivity contribution in [2.45, 2.75) is 31.8 Å². The fourth-order valence-corrected chi connectivity index (χ4v) is 4.33. The van der Waals surface area contributed by atoms with E-state index >= 15 is 0 Å². The van der Waals surface area contributed by atoms with Gasteiger partial charge in [0.25, 0.3) is 5.91 Å². The van der Waals surface area contributed by atoms with Gasteiger partial charge in [-0.05, 0) is 53.5 Å². The van der Waals surface area contributed by atoms with Crippen LogP contribution >= 0.6 is 0 Å². The highest BCUT2D eigenvalue weighted by molar-refractivity contribution is 6.04. The van der Waals surface area contributed by atoms with E-state index in [0.717, 1.165) is 54.4 Å². The Kier molecular flexibility index (Phi) is 3.64. The number of nitroso groups, excluding NO2 is 1. The first-order valence-corrected chi connectivity index (χ1v) is 9.34. The first-order chi connectivity index (χ1) is 12.7. The monoisotopic (exact) mass is 347 g/mol. The van der Waals surface area contributed by atoms with E-state index in [4.69, 9.17) is 0 Å². The summed E-state index contributed by atoms with van der Waals surface area (Å²) < 4.78 is 0. The van der Waals surface area contributed by atoms with Crippen LogP contribution < -0.4 is 5.32 Å². The molecule has 1 aliphatic carbocycles. The molecular formula is C21H21N3O2. The Labute approximate surface area is 152 Å². The van der Waals surface area contributed by atoms with E-state index in [2.05, 4.69) is 27.5 Å². The third-order valence-electron chi connectivity index (χ3n) is 5.83. The SMILES string of the molecule is O=NC1C(=O)Nc2c1cc(-c1ccccc1)c1c2CN(CC2CC2)CC1. The molecule has 5 heteroatoms. The van der Waals surface area contributed by atoms with E-state index in [9.17, 15) is 9.70 Å². The van der Waals surface area contributed by atoms with E-state index < -0.39 is 6.04 Å². The van der Waals surface area contributed by atoms with Crippen LogP contribution in [0.1, 0.15) is 35.6 Å². The molecule has 1 amide bonds. The van der Waals surface area contributed by atoms with Crippen molar-refractivity contribution in [3.05, 3.63) is 58.0 Å². The highest BCUT2D eigenvalue weighted by Gasteiger charge is 2.37. The average molecular weight is 347 g/mol. The summed E-state index contributed by atoms with van der Waals surface area (Å²) in [5, 5.41) is 6.03. The van der Waals surface area contributed by atoms with Crippen LogP contribution in [0.5, 0.6) is 0 Å². The van der Waals surface area contributed by atoms with Crippen LogP contribution in [0.4, 0.5) is 5.69 Å². The summed E-state index contributed by atoms with van der Waals surface area (Å²) in [6.07, 6.45) is 3.63. The topological polar surface area (TPSA) is 61.8 Å². The second kappa shape index (κ2) is 6.02. The maximum atomic E-state index is 12.2. The summed E-state index contributed by atoms with van der Waals surface area (Å²) in [6, 6.07) is 11.3. The molecule has 2 aliphatic heterocycles. The second-order valence-electron chi connectivity index (χ2n) is 7.64. The quantitative estimate of drug-likeness (QED) is 0.854. The van der Waals surface area contributed by atoms with Crippen molar-refractivity contribution in [3.63, 3.8) is 0 Å². The molecule has 1 atom stereocenters. The van der Waals surface area contributed by atoms with Gasteiger partial charge >= 0.3 is 0 Å². The van der Waals surface area contributed by atoms with Gasteiger partial charge in [-0.15, -0.1) is 4.91 Å². The fraction of sp³-hybridized carbons (Fsp3) is 0.381. The molecule has 1 fully saturated rings. The molecular weight excluding hydrogens is 326 g/mol. The molecule has 0 aromatic heterocycles. The van der Waals surface area contributed by atoms with Crippen LogP contribution in [-0.2, 0) is 17.8 Å². The van der Waals surface area contributed by atoms with Gasteiger partial charge in [0.2, 0.25) is 0 Å². The van der Waals surface area contributed by atoms with Crippen LogP contribution in [0.25, 0.3) is 11.1 Å². The number of carbonyl (C=O) groups is 1. The maximum absolute atomic E-state index is 12.2. The van der Waals surface area contributed by atoms with Crippen molar-refractivity contribution in [1.82, 2.24) is 4.90 Å². The smallest absolute Gasteiger partial charge is 0.257 e. The molecule has 2 aromatic rings. The Morgan fingerprint density at radius 1 is 1.15 bits per heavy atom. The zero-order chi connectivity index (χ0) is 17.7. The number of benzene rings is 2. The van der Waals surface area contributed by atoms with Gasteiger partial charge in [-0.1, -0.05) is 35.5 Å². The third-order valence-corrected chi connectivity index (χ3v) is 5.83. The molecule has 0 spiro atoms. The van der Waals surface area contributed by atoms with Crippen LogP contribution in [0.15, 0.2) is 41.6 Å². The highest BCUT2D eigenvalue weighted by Crippen LogP contribution is 2.44. The highest BCUT2D eigenvalue weighted by atomic mass is 16.3. The molecule has 132 valence electrons. The van der Waals surface area contributed by atoms with Crippen molar-refractivity contribution in [2.75, 3.05) is 18.4 Å². The molecule has 1 N–H and O–H groups in total. The van der Waals surface area contributed by atoms with Crippen molar-refractivity contribution >= 4 is 11.6 Å². The number of rotatable bonds is 4. The van der Waals surface area contributed by atoms with Gasteiger partial charge in [0.1, 0.15) is 0 Å². The number of anilines is 1. The largest absolute Gasteiger partial charge is 0.323 e. The maximum Gasteiger partial charge on any atom is 0.257 e. The minimum Gasteiger partial charge on any atom is -0.323 e. The Morgan fingerprint density at radius 2 is 1.96 bits per heavy atom. The third kappa shape index (κ3) is 2.54. The predicted molar refractivity (Wildman–Crippen MR) is 101 cm³/mol. The molecule has 1 saturated carbocycles. The zero-order valence-corrected chi connectivity index (χ0v) is 14.6. The van der Waals surface area contributed by atoms with Gasteiger partial charge in [-0.2, -0.15) is 0 Å². The van der Waals surface area contributed by atoms with Gasteiger partial charge < -0.3 is 5.32 Å². The Hall–Kier alpha value is -2.53. The molecule has 1 unspecified atom stereocenters. The van der Waals surface area contributed by atoms with Crippen LogP contribution in [0.3, 0.4) is 0 Å². The first kappa shape index (κ1) is 15.7. The van der Waals surface area contributed by atoms with Gasteiger partial charge in [-0.25, -0.2) is 0 Å². The molecule has 2 heterocycles. The van der Waals surface area contributed by atoms with Gasteiger partial charge in [0.05, 0.1) is 5.69 Å². The van der Waals surface area contributed by atoms with Crippen LogP contribution in [0, 0.1) is 10.8 Å². The molecule has 5 nitrogen and oxygen atoms in total. The predicted octanol–water partition coefficient (Wildman–Crippen LogP) is 3.88. The van der Waals surface area contributed by atoms with E-state index in [1.54, 1.807) is 0 Å². The number of fused-ring (bicyclic) bond motifs is 3. The molecule has 0 bridgehead atoms. The fourth-order valence-electron chi connectivity index (χ4n) is 4.33. The van der Waals surface area contributed by atoms with Gasteiger partial charge in [-0.3, -0.25) is 9.69 Å². The van der Waals surface area contributed by atoms with Gasteiger partial charge in [0, 0.05) is 25.2 Å². The second-order valence-corrected chi connectivity index (χ2v) is 7.64. The minimum atomic E-state index is -0.934. The summed E-state index contributed by atoms with van der Waals surface area (Å²) in [4.78, 5) is 26.0. The number of hydrogen-bond donors (Lipinski definition) is 1. The number of amides is 1. The number of carbonyl (C=O) groups excluding carboxylic acids is 1. The molecule has 0 saturated heterocycles. The van der Waals surface area contributed by atoms with Crippen LogP contribution in [0.2, 0.25) is 0 Å². The summed E-state index contributed by atoms with van der Waals surface area (Å²) in [5.74, 6) is 0.530. The molecule has 3 aliphatic rings. The summed E-state index contributed by atoms with van der Waals surface area (Å²) >= 11 is 0. The van der Waals surface area contributed by atoms with E-state index in [-0.39, 0.29) is 5.91 Å². The number of nitrogens with zero attached hydrogens (tertiary/aromatic N) is 2. The first-order valence-electron chi connectivity index (χ1n) is 9.34. The molecule has 2 aromatic carbocycles. The van der Waals surface area contributed by atoms with E-state index in [1.165, 1.54) is 24.0 Å². The lowest BCUT2D eigenvalue weighted by atomic mass is 9.86.